The Labute approximate surface area is 150 Å². The number of rotatable bonds is 5. The van der Waals surface area contributed by atoms with Gasteiger partial charge < -0.3 is 9.31 Å². The summed E-state index contributed by atoms with van der Waals surface area (Å²) in [5, 5.41) is 3.85. The van der Waals surface area contributed by atoms with Gasteiger partial charge in [0, 0.05) is 24.7 Å². The predicted molar refractivity (Wildman–Crippen MR) is 90.5 cm³/mol. The fourth-order valence-corrected chi connectivity index (χ4v) is 2.46. The van der Waals surface area contributed by atoms with Crippen molar-refractivity contribution in [1.82, 2.24) is 9.78 Å². The molecule has 0 N–H and O–H groups in total. The van der Waals surface area contributed by atoms with Crippen molar-refractivity contribution in [2.24, 2.45) is 0 Å². The van der Waals surface area contributed by atoms with E-state index in [1.54, 1.807) is 27.7 Å². The molecule has 2 rings (SSSR count). The smallest absolute Gasteiger partial charge is 0.398 e. The number of alkyl halides is 3. The van der Waals surface area contributed by atoms with Crippen molar-refractivity contribution in [2.45, 2.75) is 64.5 Å². The molecule has 0 spiro atoms. The standard InChI is InChI=1S/C17H21BF4N2O2/c1-6-7-8-9-24-11-12(10-23-24)13(17(20,21)22)14(19)18-25-15(2,3)16(4,5)26-18/h1,10-11H,7-9H2,2-5H3. The number of nitrogens with zero attached hydrogens (tertiary/aromatic N) is 2. The van der Waals surface area contributed by atoms with Gasteiger partial charge in [0.1, 0.15) is 5.73 Å². The SMILES string of the molecule is C#CCCCn1cc(C(=C(F)B2OC(C)(C)C(C)(C)O2)C(F)(F)F)cn1. The molecule has 0 atom stereocenters. The highest BCUT2D eigenvalue weighted by Gasteiger charge is 2.55. The largest absolute Gasteiger partial charge is 0.525 e. The van der Waals surface area contributed by atoms with Gasteiger partial charge in [-0.1, -0.05) is 0 Å². The van der Waals surface area contributed by atoms with Crippen molar-refractivity contribution in [1.29, 1.82) is 0 Å². The summed E-state index contributed by atoms with van der Waals surface area (Å²) < 4.78 is 67.5. The number of unbranched alkanes of at least 4 members (excludes halogenated alkanes) is 1. The van der Waals surface area contributed by atoms with Crippen LogP contribution in [0.5, 0.6) is 0 Å². The predicted octanol–water partition coefficient (Wildman–Crippen LogP) is 4.17. The van der Waals surface area contributed by atoms with Crippen LogP contribution >= 0.6 is 0 Å². The average molecular weight is 372 g/mol. The molecular formula is C17H21BF4N2O2. The van der Waals surface area contributed by atoms with E-state index in [0.717, 1.165) is 12.4 Å². The molecule has 0 aromatic carbocycles. The van der Waals surface area contributed by atoms with Crippen molar-refractivity contribution >= 4 is 12.7 Å². The Morgan fingerprint density at radius 2 is 1.85 bits per heavy atom. The van der Waals surface area contributed by atoms with E-state index < -0.39 is 35.8 Å². The van der Waals surface area contributed by atoms with Gasteiger partial charge in [0.05, 0.1) is 23.0 Å². The molecule has 1 aliphatic heterocycles. The molecule has 0 unspecified atom stereocenters. The van der Waals surface area contributed by atoms with Crippen molar-refractivity contribution < 1.29 is 26.9 Å². The summed E-state index contributed by atoms with van der Waals surface area (Å²) in [7, 11) is -1.73. The van der Waals surface area contributed by atoms with Crippen LogP contribution in [-0.4, -0.2) is 34.3 Å². The molecule has 1 aromatic heterocycles. The van der Waals surface area contributed by atoms with Crippen LogP contribution < -0.4 is 0 Å². The van der Waals surface area contributed by atoms with Crippen LogP contribution in [0.3, 0.4) is 0 Å². The molecule has 4 nitrogen and oxygen atoms in total. The highest BCUT2D eigenvalue weighted by Crippen LogP contribution is 2.43. The lowest BCUT2D eigenvalue weighted by Crippen LogP contribution is -2.41. The van der Waals surface area contributed by atoms with E-state index >= 15 is 0 Å². The summed E-state index contributed by atoms with van der Waals surface area (Å²) in [6, 6.07) is 0. The quantitative estimate of drug-likeness (QED) is 0.337. The molecule has 1 fully saturated rings. The van der Waals surface area contributed by atoms with Crippen LogP contribution in [0.15, 0.2) is 18.1 Å². The first-order valence-corrected chi connectivity index (χ1v) is 8.18. The molecule has 142 valence electrons. The summed E-state index contributed by atoms with van der Waals surface area (Å²) in [6.45, 7) is 6.88. The fraction of sp³-hybridized carbons (Fsp3) is 0.588. The van der Waals surface area contributed by atoms with Crippen LogP contribution in [-0.2, 0) is 15.9 Å². The highest BCUT2D eigenvalue weighted by atomic mass is 19.4. The van der Waals surface area contributed by atoms with Crippen LogP contribution in [0.1, 0.15) is 46.1 Å². The van der Waals surface area contributed by atoms with Crippen LogP contribution in [0.4, 0.5) is 17.6 Å². The van der Waals surface area contributed by atoms with Crippen molar-refractivity contribution in [3.8, 4) is 12.3 Å². The third-order valence-corrected chi connectivity index (χ3v) is 4.61. The zero-order valence-electron chi connectivity index (χ0n) is 15.2. The normalized spacial score (nSPS) is 20.0. The van der Waals surface area contributed by atoms with E-state index in [2.05, 4.69) is 11.0 Å². The molecule has 1 aromatic rings. The molecule has 1 saturated heterocycles. The van der Waals surface area contributed by atoms with E-state index in [9.17, 15) is 17.6 Å². The Morgan fingerprint density at radius 3 is 2.35 bits per heavy atom. The van der Waals surface area contributed by atoms with Gasteiger partial charge in [0.25, 0.3) is 0 Å². The molecular weight excluding hydrogens is 351 g/mol. The Balaban J connectivity index is 2.36. The second-order valence-electron chi connectivity index (χ2n) is 7.11. The van der Waals surface area contributed by atoms with E-state index in [1.165, 1.54) is 4.68 Å². The van der Waals surface area contributed by atoms with Crippen LogP contribution in [0.25, 0.3) is 5.57 Å². The maximum Gasteiger partial charge on any atom is 0.525 e. The molecule has 0 saturated carbocycles. The third kappa shape index (κ3) is 4.13. The Bertz CT molecular complexity index is 716. The molecule has 0 aliphatic carbocycles. The first kappa shape index (κ1) is 20.5. The monoisotopic (exact) mass is 372 g/mol. The van der Waals surface area contributed by atoms with Gasteiger partial charge in [0.15, 0.2) is 0 Å². The maximum absolute atomic E-state index is 14.8. The molecule has 1 aliphatic rings. The van der Waals surface area contributed by atoms with Gasteiger partial charge in [-0.2, -0.15) is 18.3 Å². The lowest BCUT2D eigenvalue weighted by molar-refractivity contribution is -0.0699. The zero-order chi connectivity index (χ0) is 19.8. The number of halogens is 4. The number of allylic oxidation sites excluding steroid dienone is 1. The minimum absolute atomic E-state index is 0.341. The van der Waals surface area contributed by atoms with E-state index in [0.29, 0.717) is 19.4 Å². The van der Waals surface area contributed by atoms with Crippen molar-refractivity contribution in [3.05, 3.63) is 23.7 Å². The number of hydrogen-bond donors (Lipinski definition) is 0. The molecule has 0 amide bonds. The van der Waals surface area contributed by atoms with Crippen LogP contribution in [0, 0.1) is 12.3 Å². The van der Waals surface area contributed by atoms with Gasteiger partial charge in [0.2, 0.25) is 0 Å². The number of hydrogen-bond acceptors (Lipinski definition) is 3. The maximum atomic E-state index is 14.8. The average Bonchev–Trinajstić information content (AvgIpc) is 3.01. The van der Waals surface area contributed by atoms with Crippen molar-refractivity contribution in [3.63, 3.8) is 0 Å². The number of aryl methyl sites for hydroxylation is 1. The molecule has 0 radical (unpaired) electrons. The lowest BCUT2D eigenvalue weighted by atomic mass is 9.83. The lowest BCUT2D eigenvalue weighted by Gasteiger charge is -2.32. The third-order valence-electron chi connectivity index (χ3n) is 4.61. The second kappa shape index (κ2) is 7.08. The van der Waals surface area contributed by atoms with E-state index in [-0.39, 0.29) is 5.56 Å². The first-order chi connectivity index (χ1) is 11.9. The topological polar surface area (TPSA) is 36.3 Å². The van der Waals surface area contributed by atoms with Gasteiger partial charge in [-0.25, -0.2) is 4.39 Å². The van der Waals surface area contributed by atoms with E-state index in [1.807, 2.05) is 0 Å². The minimum atomic E-state index is -4.93. The summed E-state index contributed by atoms with van der Waals surface area (Å²) in [4.78, 5) is 0. The summed E-state index contributed by atoms with van der Waals surface area (Å²) in [5.74, 6) is 2.44. The number of terminal acetylenes is 1. The molecule has 0 bridgehead atoms. The minimum Gasteiger partial charge on any atom is -0.398 e. The fourth-order valence-electron chi connectivity index (χ4n) is 2.46. The molecule has 9 heteroatoms. The number of aromatic nitrogens is 2. The Morgan fingerprint density at radius 1 is 1.27 bits per heavy atom. The van der Waals surface area contributed by atoms with Gasteiger partial charge in [-0.3, -0.25) is 4.68 Å². The Kier molecular flexibility index (Phi) is 5.59. The summed E-state index contributed by atoms with van der Waals surface area (Å²) >= 11 is 0. The molecule has 2 heterocycles. The zero-order valence-corrected chi connectivity index (χ0v) is 15.2. The van der Waals surface area contributed by atoms with Crippen LogP contribution in [0.2, 0.25) is 0 Å². The summed E-state index contributed by atoms with van der Waals surface area (Å²) in [6.07, 6.45) is 3.36. The van der Waals surface area contributed by atoms with Crippen molar-refractivity contribution in [2.75, 3.05) is 0 Å². The summed E-state index contributed by atoms with van der Waals surface area (Å²) in [5.41, 5.74) is -5.25. The Hall–Kier alpha value is -1.79. The highest BCUT2D eigenvalue weighted by molar-refractivity contribution is 6.55. The van der Waals surface area contributed by atoms with Gasteiger partial charge >= 0.3 is 13.3 Å². The van der Waals surface area contributed by atoms with Gasteiger partial charge in [-0.15, -0.1) is 12.3 Å². The van der Waals surface area contributed by atoms with Gasteiger partial charge in [-0.05, 0) is 34.1 Å². The first-order valence-electron chi connectivity index (χ1n) is 8.18. The van der Waals surface area contributed by atoms with E-state index in [4.69, 9.17) is 15.7 Å². The molecule has 26 heavy (non-hydrogen) atoms. The second-order valence-corrected chi connectivity index (χ2v) is 7.11.